The quantitative estimate of drug-likeness (QED) is 0.599. The molecule has 2 nitrogen and oxygen atoms in total. The van der Waals surface area contributed by atoms with Crippen LogP contribution in [0.4, 0.5) is 0 Å². The van der Waals surface area contributed by atoms with Gasteiger partial charge in [0.25, 0.3) is 0 Å². The Morgan fingerprint density at radius 2 is 2.23 bits per heavy atom. The summed E-state index contributed by atoms with van der Waals surface area (Å²) in [5.74, 6) is 0.189. The number of hydrogen-bond acceptors (Lipinski definition) is 2. The Morgan fingerprint density at radius 1 is 1.54 bits per heavy atom. The van der Waals surface area contributed by atoms with Gasteiger partial charge in [0, 0.05) is 12.3 Å². The summed E-state index contributed by atoms with van der Waals surface area (Å²) in [5, 5.41) is 9.44. The van der Waals surface area contributed by atoms with E-state index in [0.717, 1.165) is 0 Å². The summed E-state index contributed by atoms with van der Waals surface area (Å²) in [5.41, 5.74) is 1.05. The van der Waals surface area contributed by atoms with Crippen molar-refractivity contribution in [2.45, 2.75) is 19.2 Å². The molecule has 1 aromatic carbocycles. The second-order valence-electron chi connectivity index (χ2n) is 2.72. The van der Waals surface area contributed by atoms with E-state index < -0.39 is 0 Å². The number of aromatic hydroxyl groups is 1. The molecule has 0 fully saturated rings. The zero-order valence-corrected chi connectivity index (χ0v) is 8.14. The van der Waals surface area contributed by atoms with Crippen molar-refractivity contribution < 1.29 is 9.90 Å². The standard InChI is InChI=1S/C10H11ClO2/c1-2-8(12)10-7(6-11)4-3-5-9(10)13/h3-5,13H,2,6H2,1H3. The lowest BCUT2D eigenvalue weighted by molar-refractivity contribution is 0.0985. The van der Waals surface area contributed by atoms with Crippen molar-refractivity contribution in [1.82, 2.24) is 0 Å². The molecule has 0 saturated carbocycles. The van der Waals surface area contributed by atoms with Crippen LogP contribution in [-0.2, 0) is 5.88 Å². The van der Waals surface area contributed by atoms with Gasteiger partial charge < -0.3 is 5.11 Å². The molecule has 0 amide bonds. The maximum atomic E-state index is 11.4. The molecular weight excluding hydrogens is 188 g/mol. The summed E-state index contributed by atoms with van der Waals surface area (Å²) < 4.78 is 0. The fourth-order valence-electron chi connectivity index (χ4n) is 1.20. The van der Waals surface area contributed by atoms with E-state index in [2.05, 4.69) is 0 Å². The Hall–Kier alpha value is -1.02. The second kappa shape index (κ2) is 4.28. The molecule has 0 saturated heterocycles. The Bertz CT molecular complexity index is 321. The third-order valence-electron chi connectivity index (χ3n) is 1.87. The molecule has 70 valence electrons. The fourth-order valence-corrected chi connectivity index (χ4v) is 1.42. The molecule has 0 spiro atoms. The van der Waals surface area contributed by atoms with Crippen LogP contribution in [0.1, 0.15) is 29.3 Å². The number of carbonyl (C=O) groups excluding carboxylic acids is 1. The number of Topliss-reactive ketones (excluding diaryl/α,β-unsaturated/α-hetero) is 1. The predicted octanol–water partition coefficient (Wildman–Crippen LogP) is 2.72. The first-order chi connectivity index (χ1) is 6.20. The summed E-state index contributed by atoms with van der Waals surface area (Å²) in [4.78, 5) is 11.4. The molecule has 3 heteroatoms. The normalized spacial score (nSPS) is 10.0. The van der Waals surface area contributed by atoms with Gasteiger partial charge in [-0.05, 0) is 11.6 Å². The summed E-state index contributed by atoms with van der Waals surface area (Å²) >= 11 is 5.64. The van der Waals surface area contributed by atoms with Crippen molar-refractivity contribution in [2.24, 2.45) is 0 Å². The molecule has 0 aliphatic carbocycles. The fraction of sp³-hybridized carbons (Fsp3) is 0.300. The van der Waals surface area contributed by atoms with Crippen LogP contribution in [0.15, 0.2) is 18.2 Å². The van der Waals surface area contributed by atoms with Gasteiger partial charge in [0.05, 0.1) is 5.56 Å². The molecule has 13 heavy (non-hydrogen) atoms. The molecule has 0 radical (unpaired) electrons. The number of phenolic OH excluding ortho intramolecular Hbond substituents is 1. The van der Waals surface area contributed by atoms with E-state index in [9.17, 15) is 9.90 Å². The Morgan fingerprint density at radius 3 is 2.77 bits per heavy atom. The average molecular weight is 199 g/mol. The second-order valence-corrected chi connectivity index (χ2v) is 2.99. The molecule has 0 bridgehead atoms. The highest BCUT2D eigenvalue weighted by atomic mass is 35.5. The molecule has 1 N–H and O–H groups in total. The lowest BCUT2D eigenvalue weighted by atomic mass is 10.0. The van der Waals surface area contributed by atoms with E-state index >= 15 is 0 Å². The topological polar surface area (TPSA) is 37.3 Å². The van der Waals surface area contributed by atoms with Crippen molar-refractivity contribution in [3.8, 4) is 5.75 Å². The van der Waals surface area contributed by atoms with Crippen LogP contribution in [0.5, 0.6) is 5.75 Å². The molecule has 1 rings (SSSR count). The molecule has 0 atom stereocenters. The lowest BCUT2D eigenvalue weighted by Gasteiger charge is -2.06. The number of benzene rings is 1. The predicted molar refractivity (Wildman–Crippen MR) is 52.3 cm³/mol. The summed E-state index contributed by atoms with van der Waals surface area (Å²) in [6.07, 6.45) is 0.376. The molecule has 0 aliphatic rings. The van der Waals surface area contributed by atoms with Crippen molar-refractivity contribution in [3.63, 3.8) is 0 Å². The van der Waals surface area contributed by atoms with Crippen molar-refractivity contribution >= 4 is 17.4 Å². The van der Waals surface area contributed by atoms with Gasteiger partial charge in [-0.2, -0.15) is 0 Å². The molecule has 0 unspecified atom stereocenters. The first kappa shape index (κ1) is 10.1. The van der Waals surface area contributed by atoms with Crippen LogP contribution in [0.3, 0.4) is 0 Å². The number of halogens is 1. The highest BCUT2D eigenvalue weighted by Crippen LogP contribution is 2.23. The van der Waals surface area contributed by atoms with Gasteiger partial charge >= 0.3 is 0 Å². The first-order valence-corrected chi connectivity index (χ1v) is 4.64. The van der Waals surface area contributed by atoms with E-state index in [4.69, 9.17) is 11.6 Å². The van der Waals surface area contributed by atoms with Gasteiger partial charge in [0.2, 0.25) is 0 Å². The van der Waals surface area contributed by atoms with Crippen LogP contribution in [0, 0.1) is 0 Å². The number of ketones is 1. The monoisotopic (exact) mass is 198 g/mol. The average Bonchev–Trinajstić information content (AvgIpc) is 2.16. The summed E-state index contributed by atoms with van der Waals surface area (Å²) in [6, 6.07) is 4.92. The number of carbonyl (C=O) groups is 1. The van der Waals surface area contributed by atoms with Gasteiger partial charge in [-0.1, -0.05) is 19.1 Å². The van der Waals surface area contributed by atoms with E-state index in [0.29, 0.717) is 17.5 Å². The van der Waals surface area contributed by atoms with Gasteiger partial charge in [-0.3, -0.25) is 4.79 Å². The third-order valence-corrected chi connectivity index (χ3v) is 2.16. The summed E-state index contributed by atoms with van der Waals surface area (Å²) in [7, 11) is 0. The van der Waals surface area contributed by atoms with Crippen LogP contribution < -0.4 is 0 Å². The Kier molecular flexibility index (Phi) is 3.32. The summed E-state index contributed by atoms with van der Waals surface area (Å²) in [6.45, 7) is 1.76. The zero-order valence-electron chi connectivity index (χ0n) is 7.38. The zero-order chi connectivity index (χ0) is 9.84. The first-order valence-electron chi connectivity index (χ1n) is 4.10. The molecule has 0 aromatic heterocycles. The van der Waals surface area contributed by atoms with E-state index in [1.165, 1.54) is 6.07 Å². The van der Waals surface area contributed by atoms with Gasteiger partial charge in [-0.15, -0.1) is 11.6 Å². The maximum Gasteiger partial charge on any atom is 0.166 e. The molecule has 0 aliphatic heterocycles. The number of rotatable bonds is 3. The van der Waals surface area contributed by atoms with Crippen molar-refractivity contribution in [1.29, 1.82) is 0 Å². The highest BCUT2D eigenvalue weighted by Gasteiger charge is 2.13. The Labute approximate surface area is 82.2 Å². The van der Waals surface area contributed by atoms with E-state index in [1.807, 2.05) is 0 Å². The minimum absolute atomic E-state index is 0.0185. The maximum absolute atomic E-state index is 11.4. The minimum Gasteiger partial charge on any atom is -0.507 e. The molecule has 1 aromatic rings. The van der Waals surface area contributed by atoms with Crippen LogP contribution in [0.25, 0.3) is 0 Å². The van der Waals surface area contributed by atoms with Gasteiger partial charge in [-0.25, -0.2) is 0 Å². The SMILES string of the molecule is CCC(=O)c1c(O)cccc1CCl. The van der Waals surface area contributed by atoms with Crippen molar-refractivity contribution in [2.75, 3.05) is 0 Å². The Balaban J connectivity index is 3.22. The minimum atomic E-state index is -0.0752. The lowest BCUT2D eigenvalue weighted by Crippen LogP contribution is -2.01. The van der Waals surface area contributed by atoms with E-state index in [-0.39, 0.29) is 17.4 Å². The van der Waals surface area contributed by atoms with Gasteiger partial charge in [0.1, 0.15) is 5.75 Å². The van der Waals surface area contributed by atoms with Crippen LogP contribution >= 0.6 is 11.6 Å². The number of hydrogen-bond donors (Lipinski definition) is 1. The van der Waals surface area contributed by atoms with Crippen LogP contribution in [0.2, 0.25) is 0 Å². The number of alkyl halides is 1. The number of phenols is 1. The van der Waals surface area contributed by atoms with Gasteiger partial charge in [0.15, 0.2) is 5.78 Å². The highest BCUT2D eigenvalue weighted by molar-refractivity contribution is 6.18. The van der Waals surface area contributed by atoms with Crippen LogP contribution in [-0.4, -0.2) is 10.9 Å². The molecule has 0 heterocycles. The largest absolute Gasteiger partial charge is 0.507 e. The third kappa shape index (κ3) is 2.01. The molecular formula is C10H11ClO2. The smallest absolute Gasteiger partial charge is 0.166 e. The van der Waals surface area contributed by atoms with Crippen molar-refractivity contribution in [3.05, 3.63) is 29.3 Å². The van der Waals surface area contributed by atoms with E-state index in [1.54, 1.807) is 19.1 Å².